The number of hydrogen-bond donors (Lipinski definition) is 2. The normalized spacial score (nSPS) is 13.6. The second-order valence-corrected chi connectivity index (χ2v) is 18.4. The van der Waals surface area contributed by atoms with Crippen LogP contribution in [0.5, 0.6) is 0 Å². The molecule has 4 nitrogen and oxygen atoms in total. The zero-order valence-corrected chi connectivity index (χ0v) is 37.7. The first-order chi connectivity index (χ1) is 23.6. The molecule has 4 atom stereocenters. The van der Waals surface area contributed by atoms with Crippen molar-refractivity contribution in [3.63, 3.8) is 0 Å². The summed E-state index contributed by atoms with van der Waals surface area (Å²) in [4.78, 5) is 26.5. The third kappa shape index (κ3) is 44.0. The molecule has 0 radical (unpaired) electrons. The van der Waals surface area contributed by atoms with Gasteiger partial charge in [0.05, 0.1) is 0 Å². The first-order valence-corrected chi connectivity index (χ1v) is 27.0. The molecule has 0 aromatic heterocycles. The van der Waals surface area contributed by atoms with Crippen LogP contribution in [0.3, 0.4) is 0 Å². The molecule has 0 aromatic carbocycles. The van der Waals surface area contributed by atoms with E-state index in [4.69, 9.17) is 0 Å². The van der Waals surface area contributed by atoms with Gasteiger partial charge in [0.15, 0.2) is 0 Å². The minimum atomic E-state index is -0.954. The van der Waals surface area contributed by atoms with Crippen LogP contribution in [0.15, 0.2) is 24.3 Å². The van der Waals surface area contributed by atoms with E-state index in [1.807, 2.05) is 13.8 Å². The SMILES string of the molecule is CCCCCCCC/C=C\CCCCCCC(C(=O)[O-])C(C)S.CCCCCCCC/C=C\CCCCCCC(C(=O)[O-])C(C)S.[CH3][Sn+2][CH3]. The Hall–Kier alpha value is -0.0813. The molecule has 0 aliphatic rings. The summed E-state index contributed by atoms with van der Waals surface area (Å²) in [5.74, 6) is -2.72. The quantitative estimate of drug-likeness (QED) is 0.0306. The van der Waals surface area contributed by atoms with Gasteiger partial charge in [-0.1, -0.05) is 155 Å². The second-order valence-electron chi connectivity index (χ2n) is 13.9. The minimum absolute atomic E-state index is 0.120. The summed E-state index contributed by atoms with van der Waals surface area (Å²) in [6.07, 6.45) is 40.7. The van der Waals surface area contributed by atoms with Crippen molar-refractivity contribution < 1.29 is 19.8 Å². The molecule has 0 saturated carbocycles. The number of rotatable bonds is 32. The fourth-order valence-corrected chi connectivity index (χ4v) is 6.17. The molecule has 0 rings (SSSR count). The molecule has 0 aliphatic carbocycles. The van der Waals surface area contributed by atoms with E-state index < -0.39 is 23.8 Å². The van der Waals surface area contributed by atoms with Crippen LogP contribution in [0.2, 0.25) is 9.88 Å². The van der Waals surface area contributed by atoms with Gasteiger partial charge >= 0.3 is 31.0 Å². The monoisotopic (exact) mass is 832 g/mol. The first kappa shape index (κ1) is 53.3. The van der Waals surface area contributed by atoms with Crippen molar-refractivity contribution in [2.75, 3.05) is 0 Å². The number of hydrogen-bond acceptors (Lipinski definition) is 6. The average molecular weight is 832 g/mol. The number of unbranched alkanes of at least 4 members (excludes halogenated alkanes) is 20. The molecule has 0 N–H and O–H groups in total. The van der Waals surface area contributed by atoms with Crippen LogP contribution in [0, 0.1) is 11.8 Å². The van der Waals surface area contributed by atoms with Crippen molar-refractivity contribution >= 4 is 58.3 Å². The van der Waals surface area contributed by atoms with Crippen LogP contribution < -0.4 is 10.2 Å². The topological polar surface area (TPSA) is 80.3 Å². The van der Waals surface area contributed by atoms with Crippen molar-refractivity contribution in [1.29, 1.82) is 0 Å². The molecule has 4 unspecified atom stereocenters. The van der Waals surface area contributed by atoms with Crippen molar-refractivity contribution in [2.45, 2.75) is 215 Å². The van der Waals surface area contributed by atoms with E-state index >= 15 is 0 Å². The summed E-state index contributed by atoms with van der Waals surface area (Å²) in [7, 11) is 0. The third-order valence-corrected chi connectivity index (χ3v) is 9.54. The predicted octanol–water partition coefficient (Wildman–Crippen LogP) is 11.4. The predicted molar refractivity (Wildman–Crippen MR) is 221 cm³/mol. The van der Waals surface area contributed by atoms with Crippen LogP contribution in [-0.4, -0.2) is 43.6 Å². The van der Waals surface area contributed by atoms with E-state index in [1.54, 1.807) is 0 Å². The maximum absolute atomic E-state index is 10.9. The Balaban J connectivity index is -0.000000798. The number of thiol groups is 2. The number of aliphatic carboxylic acids is 2. The van der Waals surface area contributed by atoms with Gasteiger partial charge in [-0.15, -0.1) is 0 Å². The fraction of sp³-hybridized carbons (Fsp3) is 0.857. The van der Waals surface area contributed by atoms with Gasteiger partial charge < -0.3 is 19.8 Å². The second kappa shape index (κ2) is 44.1. The third-order valence-electron chi connectivity index (χ3n) is 8.82. The van der Waals surface area contributed by atoms with E-state index in [0.29, 0.717) is 12.8 Å². The molecule has 0 saturated heterocycles. The fourth-order valence-electron chi connectivity index (χ4n) is 5.63. The molecule has 0 spiro atoms. The molecule has 7 heteroatoms. The van der Waals surface area contributed by atoms with Crippen molar-refractivity contribution in [1.82, 2.24) is 0 Å². The summed E-state index contributed by atoms with van der Waals surface area (Å²) in [6.45, 7) is 8.17. The zero-order valence-electron chi connectivity index (χ0n) is 33.0. The Kier molecular flexibility index (Phi) is 47.9. The van der Waals surface area contributed by atoms with E-state index in [-0.39, 0.29) is 31.6 Å². The van der Waals surface area contributed by atoms with E-state index in [9.17, 15) is 19.8 Å². The Morgan fingerprint density at radius 3 is 0.939 bits per heavy atom. The van der Waals surface area contributed by atoms with Crippen LogP contribution in [0.1, 0.15) is 195 Å². The summed E-state index contributed by atoms with van der Waals surface area (Å²) in [5.41, 5.74) is 0. The van der Waals surface area contributed by atoms with Crippen LogP contribution in [-0.2, 0) is 9.59 Å². The van der Waals surface area contributed by atoms with Crippen LogP contribution in [0.4, 0.5) is 0 Å². The van der Waals surface area contributed by atoms with Gasteiger partial charge in [0.1, 0.15) is 0 Å². The van der Waals surface area contributed by atoms with E-state index in [2.05, 4.69) is 73.3 Å². The van der Waals surface area contributed by atoms with E-state index in [1.165, 1.54) is 116 Å². The van der Waals surface area contributed by atoms with Gasteiger partial charge in [0.25, 0.3) is 0 Å². The average Bonchev–Trinajstić information content (AvgIpc) is 3.04. The van der Waals surface area contributed by atoms with Gasteiger partial charge in [0.2, 0.25) is 0 Å². The standard InChI is InChI=1S/2C20H38O2S.2CH3.Sn/c2*1-3-4-5-6-7-8-9-10-11-12-13-14-15-16-17-19(18(2)23)20(21)22;;;/h2*10-11,18-19,23H,3-9,12-17H2,1-2H3,(H,21,22);2*1H3;/q;;;;+2/p-2/b2*11-10-;;;. The van der Waals surface area contributed by atoms with Gasteiger partial charge in [-0.3, -0.25) is 0 Å². The summed E-state index contributed by atoms with van der Waals surface area (Å²) >= 11 is 8.68. The molecule has 0 heterocycles. The van der Waals surface area contributed by atoms with Crippen molar-refractivity contribution in [3.05, 3.63) is 24.3 Å². The van der Waals surface area contributed by atoms with Gasteiger partial charge in [-0.2, -0.15) is 25.3 Å². The molecule has 0 bridgehead atoms. The van der Waals surface area contributed by atoms with E-state index in [0.717, 1.165) is 38.5 Å². The number of allylic oxidation sites excluding steroid dienone is 4. The maximum atomic E-state index is 10.9. The molecule has 0 fully saturated rings. The first-order valence-electron chi connectivity index (χ1n) is 20.3. The Morgan fingerprint density at radius 2 is 0.714 bits per heavy atom. The van der Waals surface area contributed by atoms with Crippen molar-refractivity contribution in [2.24, 2.45) is 11.8 Å². The number of carbonyl (C=O) groups excluding carboxylic acids is 2. The number of carboxylic acid groups (broad SMARTS) is 2. The van der Waals surface area contributed by atoms with Crippen LogP contribution >= 0.6 is 25.3 Å². The Morgan fingerprint density at radius 1 is 0.490 bits per heavy atom. The Labute approximate surface area is 327 Å². The summed E-state index contributed by atoms with van der Waals surface area (Å²) < 4.78 is 0. The van der Waals surface area contributed by atoms with Gasteiger partial charge in [-0.05, 0) is 64.2 Å². The molecule has 49 heavy (non-hydrogen) atoms. The summed E-state index contributed by atoms with van der Waals surface area (Å²) in [6, 6.07) is 0. The number of carbonyl (C=O) groups is 2. The number of carboxylic acids is 2. The molecular weight excluding hydrogens is 751 g/mol. The molecule has 288 valence electrons. The zero-order chi connectivity index (χ0) is 37.4. The molecule has 0 aromatic rings. The Bertz CT molecular complexity index is 682. The van der Waals surface area contributed by atoms with Crippen LogP contribution in [0.25, 0.3) is 0 Å². The van der Waals surface area contributed by atoms with Gasteiger partial charge in [0, 0.05) is 34.3 Å². The molecule has 0 amide bonds. The molecule has 0 aliphatic heterocycles. The van der Waals surface area contributed by atoms with Gasteiger partial charge in [-0.25, -0.2) is 0 Å². The molecular formula is C42H80O4S2Sn. The summed E-state index contributed by atoms with van der Waals surface area (Å²) in [5, 5.41) is 21.6. The van der Waals surface area contributed by atoms with Crippen molar-refractivity contribution in [3.8, 4) is 0 Å².